The number of hydrogen-bond donors (Lipinski definition) is 1. The van der Waals surface area contributed by atoms with Gasteiger partial charge in [0.2, 0.25) is 10.0 Å². The number of benzene rings is 1. The third kappa shape index (κ3) is 4.43. The highest BCUT2D eigenvalue weighted by atomic mass is 32.2. The van der Waals surface area contributed by atoms with Crippen molar-refractivity contribution < 1.29 is 13.2 Å². The summed E-state index contributed by atoms with van der Waals surface area (Å²) < 4.78 is 34.6. The first kappa shape index (κ1) is 17.1. The normalized spacial score (nSPS) is 19.5. The number of sulfonamides is 1. The zero-order valence-electron chi connectivity index (χ0n) is 13.8. The van der Waals surface area contributed by atoms with Gasteiger partial charge >= 0.3 is 0 Å². The van der Waals surface area contributed by atoms with Gasteiger partial charge in [0.05, 0.1) is 18.2 Å². The smallest absolute Gasteiger partial charge is 0.212 e. The second-order valence-corrected chi connectivity index (χ2v) is 8.02. The molecular weight excluding hydrogens is 326 g/mol. The molecule has 130 valence electrons. The quantitative estimate of drug-likeness (QED) is 0.833. The Morgan fingerprint density at radius 2 is 2.17 bits per heavy atom. The summed E-state index contributed by atoms with van der Waals surface area (Å²) in [4.78, 5) is 4.02. The van der Waals surface area contributed by atoms with E-state index in [1.165, 1.54) is 0 Å². The first-order valence-electron chi connectivity index (χ1n) is 8.23. The summed E-state index contributed by atoms with van der Waals surface area (Å²) >= 11 is 0. The fourth-order valence-corrected chi connectivity index (χ4v) is 4.27. The highest BCUT2D eigenvalue weighted by molar-refractivity contribution is 7.89. The second-order valence-electron chi connectivity index (χ2n) is 6.14. The van der Waals surface area contributed by atoms with Gasteiger partial charge in [0.15, 0.2) is 0 Å². The summed E-state index contributed by atoms with van der Waals surface area (Å²) in [6, 6.07) is 7.50. The highest BCUT2D eigenvalue weighted by Gasteiger charge is 2.21. The zero-order chi connectivity index (χ0) is 17.0. The van der Waals surface area contributed by atoms with E-state index in [2.05, 4.69) is 9.71 Å². The van der Waals surface area contributed by atoms with E-state index in [4.69, 9.17) is 4.74 Å². The molecule has 0 aliphatic carbocycles. The highest BCUT2D eigenvalue weighted by Crippen LogP contribution is 2.19. The summed E-state index contributed by atoms with van der Waals surface area (Å²) in [5, 5.41) is 0. The average molecular weight is 349 g/mol. The number of nitrogens with one attached hydrogen (secondary N) is 1. The lowest BCUT2D eigenvalue weighted by Gasteiger charge is -2.16. The van der Waals surface area contributed by atoms with Crippen LogP contribution in [0, 0.1) is 0 Å². The molecule has 0 spiro atoms. The molecule has 6 nitrogen and oxygen atoms in total. The fourth-order valence-electron chi connectivity index (χ4n) is 2.90. The van der Waals surface area contributed by atoms with E-state index in [0.717, 1.165) is 30.7 Å². The van der Waals surface area contributed by atoms with E-state index in [0.29, 0.717) is 6.42 Å². The minimum atomic E-state index is -3.31. The summed E-state index contributed by atoms with van der Waals surface area (Å²) in [7, 11) is -3.31. The minimum Gasteiger partial charge on any atom is -0.378 e. The molecule has 1 saturated heterocycles. The van der Waals surface area contributed by atoms with Gasteiger partial charge < -0.3 is 9.30 Å². The van der Waals surface area contributed by atoms with Gasteiger partial charge in [-0.3, -0.25) is 0 Å². The third-order valence-corrected chi connectivity index (χ3v) is 5.77. The van der Waals surface area contributed by atoms with Crippen molar-refractivity contribution in [1.29, 1.82) is 0 Å². The summed E-state index contributed by atoms with van der Waals surface area (Å²) in [5.74, 6) is 0.106. The minimum absolute atomic E-state index is 0.0892. The number of rotatable bonds is 7. The van der Waals surface area contributed by atoms with Crippen LogP contribution in [0.25, 0.3) is 5.69 Å². The van der Waals surface area contributed by atoms with Gasteiger partial charge in [-0.05, 0) is 43.9 Å². The van der Waals surface area contributed by atoms with Crippen LogP contribution in [-0.2, 0) is 14.8 Å². The molecule has 7 heteroatoms. The Bertz CT molecular complexity index is 736. The van der Waals surface area contributed by atoms with Crippen molar-refractivity contribution in [3.05, 3.63) is 48.5 Å². The van der Waals surface area contributed by atoms with Gasteiger partial charge in [0, 0.05) is 30.7 Å². The van der Waals surface area contributed by atoms with E-state index in [1.807, 2.05) is 42.0 Å². The summed E-state index contributed by atoms with van der Waals surface area (Å²) in [5.41, 5.74) is 1.92. The predicted molar refractivity (Wildman–Crippen MR) is 92.5 cm³/mol. The molecule has 1 fully saturated rings. The molecule has 1 aromatic heterocycles. The van der Waals surface area contributed by atoms with Crippen molar-refractivity contribution >= 4 is 10.0 Å². The van der Waals surface area contributed by atoms with Crippen molar-refractivity contribution in [3.63, 3.8) is 0 Å². The maximum atomic E-state index is 12.2. The Hall–Kier alpha value is -1.70. The zero-order valence-corrected chi connectivity index (χ0v) is 14.6. The molecular formula is C17H23N3O3S. The van der Waals surface area contributed by atoms with Gasteiger partial charge in [0.1, 0.15) is 0 Å². The molecule has 1 aliphatic heterocycles. The molecule has 0 saturated carbocycles. The van der Waals surface area contributed by atoms with E-state index >= 15 is 0 Å². The maximum absolute atomic E-state index is 12.2. The van der Waals surface area contributed by atoms with E-state index in [-0.39, 0.29) is 17.9 Å². The van der Waals surface area contributed by atoms with E-state index < -0.39 is 10.0 Å². The molecule has 1 aromatic carbocycles. The largest absolute Gasteiger partial charge is 0.378 e. The predicted octanol–water partition coefficient (Wildman–Crippen LogP) is 2.42. The molecule has 1 aliphatic rings. The molecule has 1 N–H and O–H groups in total. The van der Waals surface area contributed by atoms with Crippen molar-refractivity contribution in [2.45, 2.75) is 38.3 Å². The monoisotopic (exact) mass is 349 g/mol. The van der Waals surface area contributed by atoms with Crippen LogP contribution in [0.3, 0.4) is 0 Å². The number of ether oxygens (including phenoxy) is 1. The molecule has 0 amide bonds. The van der Waals surface area contributed by atoms with E-state index in [9.17, 15) is 8.42 Å². The number of imidazole rings is 1. The van der Waals surface area contributed by atoms with Crippen LogP contribution >= 0.6 is 0 Å². The Kier molecular flexibility index (Phi) is 5.33. The lowest BCUT2D eigenvalue weighted by molar-refractivity contribution is 0.108. The van der Waals surface area contributed by atoms with Crippen LogP contribution in [0.15, 0.2) is 43.0 Å². The van der Waals surface area contributed by atoms with Gasteiger partial charge in [-0.1, -0.05) is 12.1 Å². The lowest BCUT2D eigenvalue weighted by atomic mass is 10.1. The molecule has 2 atom stereocenters. The number of aromatic nitrogens is 2. The van der Waals surface area contributed by atoms with Crippen LogP contribution < -0.4 is 4.72 Å². The standard InChI is InChI=1S/C17H23N3O3S/c1-14(19-24(21,22)12-8-17-3-2-11-23-17)15-4-6-16(7-5-15)20-10-9-18-13-20/h4-7,9-10,13-14,17,19H,2-3,8,11-12H2,1H3/t14-,17-/m0/s1. The van der Waals surface area contributed by atoms with Gasteiger partial charge in [-0.2, -0.15) is 0 Å². The molecule has 0 bridgehead atoms. The first-order valence-corrected chi connectivity index (χ1v) is 9.89. The number of nitrogens with zero attached hydrogens (tertiary/aromatic N) is 2. The van der Waals surface area contributed by atoms with Crippen LogP contribution in [0.4, 0.5) is 0 Å². The first-order chi connectivity index (χ1) is 11.5. The molecule has 0 radical (unpaired) electrons. The summed E-state index contributed by atoms with van der Waals surface area (Å²) in [6.07, 6.45) is 7.95. The van der Waals surface area contributed by atoms with Gasteiger partial charge in [-0.15, -0.1) is 0 Å². The summed E-state index contributed by atoms with van der Waals surface area (Å²) in [6.45, 7) is 2.60. The topological polar surface area (TPSA) is 73.2 Å². The SMILES string of the molecule is C[C@H](NS(=O)(=O)CC[C@@H]1CCCO1)c1ccc(-n2ccnc2)cc1. The van der Waals surface area contributed by atoms with Crippen LogP contribution in [0.2, 0.25) is 0 Å². The van der Waals surface area contributed by atoms with Crippen molar-refractivity contribution in [2.24, 2.45) is 0 Å². The van der Waals surface area contributed by atoms with Crippen molar-refractivity contribution in [1.82, 2.24) is 14.3 Å². The Morgan fingerprint density at radius 3 is 2.79 bits per heavy atom. The van der Waals surface area contributed by atoms with Gasteiger partial charge in [0.25, 0.3) is 0 Å². The maximum Gasteiger partial charge on any atom is 0.212 e. The van der Waals surface area contributed by atoms with Crippen LogP contribution in [0.5, 0.6) is 0 Å². The van der Waals surface area contributed by atoms with Crippen molar-refractivity contribution in [2.75, 3.05) is 12.4 Å². The lowest BCUT2D eigenvalue weighted by Crippen LogP contribution is -2.30. The molecule has 2 heterocycles. The van der Waals surface area contributed by atoms with Crippen LogP contribution in [-0.4, -0.2) is 36.4 Å². The Balaban J connectivity index is 1.58. The van der Waals surface area contributed by atoms with Crippen LogP contribution in [0.1, 0.15) is 37.8 Å². The Morgan fingerprint density at radius 1 is 1.38 bits per heavy atom. The van der Waals surface area contributed by atoms with Crippen molar-refractivity contribution in [3.8, 4) is 5.69 Å². The number of hydrogen-bond acceptors (Lipinski definition) is 4. The van der Waals surface area contributed by atoms with Gasteiger partial charge in [-0.25, -0.2) is 18.1 Å². The molecule has 2 aromatic rings. The fraction of sp³-hybridized carbons (Fsp3) is 0.471. The third-order valence-electron chi connectivity index (χ3n) is 4.28. The average Bonchev–Trinajstić information content (AvgIpc) is 3.26. The molecule has 3 rings (SSSR count). The molecule has 0 unspecified atom stereocenters. The van der Waals surface area contributed by atoms with E-state index in [1.54, 1.807) is 12.5 Å². The molecule has 24 heavy (non-hydrogen) atoms. The second kappa shape index (κ2) is 7.46. The Labute approximate surface area is 142 Å².